The number of carboxylic acid groups (broad SMARTS) is 1. The molecule has 0 amide bonds. The highest BCUT2D eigenvalue weighted by Crippen LogP contribution is 2.19. The van der Waals surface area contributed by atoms with Crippen LogP contribution in [0.25, 0.3) is 0 Å². The van der Waals surface area contributed by atoms with Crippen LogP contribution < -0.4 is 0 Å². The van der Waals surface area contributed by atoms with Crippen LogP contribution in [0.4, 0.5) is 0 Å². The Bertz CT molecular complexity index is 2130. The number of rotatable bonds is 74. The van der Waals surface area contributed by atoms with Gasteiger partial charge in [0.2, 0.25) is 0 Å². The van der Waals surface area contributed by atoms with Crippen LogP contribution in [0.2, 0.25) is 0 Å². The minimum absolute atomic E-state index is 0.173. The highest BCUT2D eigenvalue weighted by molar-refractivity contribution is 5.71. The summed E-state index contributed by atoms with van der Waals surface area (Å²) < 4.78 is 23.0. The molecule has 2 atom stereocenters. The first kappa shape index (κ1) is 93.2. The molecular formula is C89H152NO8+. The standard InChI is InChI=1S/C89H151NO8/c1-6-8-10-12-14-16-18-20-22-24-26-28-30-32-34-36-38-40-42-43-44-45-46-48-50-52-54-56-58-60-62-64-66-68-70-72-74-76-78-80-87(92)98-85(84-97-89(88(93)94)95-82-81-90(3,4)5)83-96-86(91)79-77-75-73-71-69-67-65-63-61-59-57-55-53-51-49-47-41-39-37-35-33-31-29-27-25-23-21-19-17-15-13-11-9-7-2/h8,10,14,16,20,22,26,28,32,34,38,40,43-44,46,48,52,54,58,60,64,66,70,72,85,89H,6-7,9,11-13,15,17-19,21,23-25,27,29-31,33,35-37,39,41-42,45,47,49-51,53,55-57,59,61-63,65,67-69,71,73-84H2,1-5H3/p+1/b10-8-,16-14-,22-20-,28-26-,34-32-,40-38-,44-43-,48-46-,54-52-,60-58-,66-64-,72-70-. The van der Waals surface area contributed by atoms with Crippen molar-refractivity contribution in [3.8, 4) is 0 Å². The van der Waals surface area contributed by atoms with Crippen molar-refractivity contribution in [3.05, 3.63) is 146 Å². The summed E-state index contributed by atoms with van der Waals surface area (Å²) in [6, 6.07) is 0. The molecule has 2 unspecified atom stereocenters. The van der Waals surface area contributed by atoms with Gasteiger partial charge in [0.25, 0.3) is 6.29 Å². The molecule has 0 aliphatic carbocycles. The SMILES string of the molecule is CC/C=C\C/C=C\C/C=C\C/C=C\C/C=C\C/C=C\C/C=C\C/C=C\C/C=C\C/C=C\C/C=C\C/C=C\CCCCC(=O)OC(COC(=O)CCCCCCCCCCCCCCCCCCCCCCCCCCCCCCCCCCCC)COC(OCC[N+](C)(C)C)C(=O)O. The van der Waals surface area contributed by atoms with Gasteiger partial charge in [0.1, 0.15) is 13.2 Å². The van der Waals surface area contributed by atoms with E-state index in [0.717, 1.165) is 109 Å². The van der Waals surface area contributed by atoms with Crippen LogP contribution in [-0.2, 0) is 33.3 Å². The lowest BCUT2D eigenvalue weighted by atomic mass is 10.0. The van der Waals surface area contributed by atoms with Gasteiger partial charge in [-0.15, -0.1) is 0 Å². The number of esters is 2. The van der Waals surface area contributed by atoms with Crippen molar-refractivity contribution in [2.24, 2.45) is 0 Å². The molecule has 9 heteroatoms. The molecule has 0 saturated heterocycles. The summed E-state index contributed by atoms with van der Waals surface area (Å²) in [5, 5.41) is 9.77. The van der Waals surface area contributed by atoms with E-state index in [1.54, 1.807) is 0 Å². The molecule has 560 valence electrons. The van der Waals surface area contributed by atoms with Crippen LogP contribution in [0.3, 0.4) is 0 Å². The van der Waals surface area contributed by atoms with Crippen molar-refractivity contribution < 1.29 is 42.9 Å². The van der Waals surface area contributed by atoms with E-state index in [1.807, 2.05) is 21.1 Å². The van der Waals surface area contributed by atoms with Gasteiger partial charge in [0, 0.05) is 12.8 Å². The maximum atomic E-state index is 13.0. The molecule has 9 nitrogen and oxygen atoms in total. The molecule has 0 rings (SSSR count). The Morgan fingerprint density at radius 3 is 0.867 bits per heavy atom. The van der Waals surface area contributed by atoms with E-state index in [-0.39, 0.29) is 38.6 Å². The second kappa shape index (κ2) is 77.9. The number of hydrogen-bond donors (Lipinski definition) is 1. The Balaban J connectivity index is 4.15. The van der Waals surface area contributed by atoms with Crippen LogP contribution >= 0.6 is 0 Å². The topological polar surface area (TPSA) is 108 Å². The first-order valence-corrected chi connectivity index (χ1v) is 40.5. The van der Waals surface area contributed by atoms with Gasteiger partial charge in [-0.3, -0.25) is 9.59 Å². The lowest BCUT2D eigenvalue weighted by Gasteiger charge is -2.25. The maximum absolute atomic E-state index is 13.0. The molecule has 0 bridgehead atoms. The number of carbonyl (C=O) groups is 3. The van der Waals surface area contributed by atoms with Crippen LogP contribution in [0.15, 0.2) is 146 Å². The average molecular weight is 1360 g/mol. The monoisotopic (exact) mass is 1360 g/mol. The second-order valence-corrected chi connectivity index (χ2v) is 28.0. The highest BCUT2D eigenvalue weighted by Gasteiger charge is 2.25. The van der Waals surface area contributed by atoms with Crippen LogP contribution in [0.5, 0.6) is 0 Å². The molecule has 0 aromatic rings. The number of unbranched alkanes of at least 4 members (excludes halogenated alkanes) is 35. The summed E-state index contributed by atoms with van der Waals surface area (Å²) in [6.07, 6.45) is 112. The number of nitrogens with zero attached hydrogens (tertiary/aromatic N) is 1. The number of carboxylic acids is 1. The van der Waals surface area contributed by atoms with Crippen molar-refractivity contribution >= 4 is 17.9 Å². The molecule has 0 radical (unpaired) electrons. The smallest absolute Gasteiger partial charge is 0.361 e. The van der Waals surface area contributed by atoms with Crippen molar-refractivity contribution in [2.45, 2.75) is 354 Å². The third-order valence-electron chi connectivity index (χ3n) is 17.4. The van der Waals surface area contributed by atoms with Gasteiger partial charge in [0.15, 0.2) is 6.10 Å². The fourth-order valence-electron chi connectivity index (χ4n) is 11.2. The zero-order valence-corrected chi connectivity index (χ0v) is 64.2. The van der Waals surface area contributed by atoms with Gasteiger partial charge in [0.05, 0.1) is 34.4 Å². The number of allylic oxidation sites excluding steroid dienone is 24. The first-order chi connectivity index (χ1) is 48.1. The highest BCUT2D eigenvalue weighted by atomic mass is 16.7. The molecule has 0 spiro atoms. The second-order valence-electron chi connectivity index (χ2n) is 28.0. The number of quaternary nitrogens is 1. The minimum Gasteiger partial charge on any atom is -0.477 e. The quantitative estimate of drug-likeness (QED) is 0.0211. The summed E-state index contributed by atoms with van der Waals surface area (Å²) in [5.74, 6) is -2.06. The minimum atomic E-state index is -1.53. The van der Waals surface area contributed by atoms with Gasteiger partial charge in [-0.25, -0.2) is 4.79 Å². The number of likely N-dealkylation sites (N-methyl/N-ethyl adjacent to an activating group) is 1. The molecule has 0 aromatic carbocycles. The van der Waals surface area contributed by atoms with Crippen molar-refractivity contribution in [1.82, 2.24) is 0 Å². The van der Waals surface area contributed by atoms with Gasteiger partial charge >= 0.3 is 17.9 Å². The van der Waals surface area contributed by atoms with E-state index in [2.05, 4.69) is 160 Å². The van der Waals surface area contributed by atoms with Crippen molar-refractivity contribution in [2.75, 3.05) is 47.5 Å². The van der Waals surface area contributed by atoms with E-state index in [1.165, 1.54) is 199 Å². The van der Waals surface area contributed by atoms with E-state index >= 15 is 0 Å². The fraction of sp³-hybridized carbons (Fsp3) is 0.697. The number of hydrogen-bond acceptors (Lipinski definition) is 7. The molecule has 0 aliphatic heterocycles. The Morgan fingerprint density at radius 2 is 0.582 bits per heavy atom. The normalized spacial score (nSPS) is 13.4. The van der Waals surface area contributed by atoms with E-state index in [9.17, 15) is 19.5 Å². The number of ether oxygens (including phenoxy) is 4. The third kappa shape index (κ3) is 78.5. The van der Waals surface area contributed by atoms with E-state index < -0.39 is 24.3 Å². The summed E-state index contributed by atoms with van der Waals surface area (Å²) >= 11 is 0. The van der Waals surface area contributed by atoms with E-state index in [4.69, 9.17) is 18.9 Å². The Labute approximate surface area is 604 Å². The van der Waals surface area contributed by atoms with Gasteiger partial charge in [-0.2, -0.15) is 0 Å². The summed E-state index contributed by atoms with van der Waals surface area (Å²) in [6.45, 7) is 4.74. The van der Waals surface area contributed by atoms with E-state index in [0.29, 0.717) is 17.4 Å². The van der Waals surface area contributed by atoms with Gasteiger partial charge < -0.3 is 28.5 Å². The Kier molecular flexibility index (Phi) is 74.1. The molecule has 0 aliphatic rings. The molecule has 0 saturated carbocycles. The molecule has 0 fully saturated rings. The van der Waals surface area contributed by atoms with Gasteiger partial charge in [-0.1, -0.05) is 372 Å². The zero-order chi connectivity index (χ0) is 71.1. The Morgan fingerprint density at radius 1 is 0.316 bits per heavy atom. The molecule has 1 N–H and O–H groups in total. The molecule has 98 heavy (non-hydrogen) atoms. The first-order valence-electron chi connectivity index (χ1n) is 40.5. The summed E-state index contributed by atoms with van der Waals surface area (Å²) in [7, 11) is 5.96. The van der Waals surface area contributed by atoms with Crippen LogP contribution in [0.1, 0.15) is 341 Å². The number of carbonyl (C=O) groups excluding carboxylic acids is 2. The van der Waals surface area contributed by atoms with Crippen molar-refractivity contribution in [3.63, 3.8) is 0 Å². The average Bonchev–Trinajstić information content (AvgIpc) is 1.38. The summed E-state index contributed by atoms with van der Waals surface area (Å²) in [5.41, 5.74) is 0. The Hall–Kier alpha value is -4.83. The molecule has 0 heterocycles. The fourth-order valence-corrected chi connectivity index (χ4v) is 11.2. The molecular weight excluding hydrogens is 1210 g/mol. The summed E-state index contributed by atoms with van der Waals surface area (Å²) in [4.78, 5) is 37.7. The predicted octanol–water partition coefficient (Wildman–Crippen LogP) is 26.2. The van der Waals surface area contributed by atoms with Crippen molar-refractivity contribution in [1.29, 1.82) is 0 Å². The largest absolute Gasteiger partial charge is 0.477 e. The lowest BCUT2D eigenvalue weighted by molar-refractivity contribution is -0.870. The predicted molar refractivity (Wildman–Crippen MR) is 424 cm³/mol. The molecule has 0 aromatic heterocycles. The third-order valence-corrected chi connectivity index (χ3v) is 17.4. The van der Waals surface area contributed by atoms with Gasteiger partial charge in [-0.05, 0) is 103 Å². The lowest BCUT2D eigenvalue weighted by Crippen LogP contribution is -2.40. The number of aliphatic carboxylic acids is 1. The zero-order valence-electron chi connectivity index (χ0n) is 64.2. The maximum Gasteiger partial charge on any atom is 0.361 e. The van der Waals surface area contributed by atoms with Crippen LogP contribution in [-0.4, -0.2) is 87.4 Å². The van der Waals surface area contributed by atoms with Crippen LogP contribution in [0, 0.1) is 0 Å².